The molecule has 1 amide bonds. The average Bonchev–Trinajstić information content (AvgIpc) is 3.62. The normalized spacial score (nSPS) is 23.6. The van der Waals surface area contributed by atoms with Crippen molar-refractivity contribution in [3.63, 3.8) is 0 Å². The van der Waals surface area contributed by atoms with Gasteiger partial charge >= 0.3 is 22.8 Å². The number of aryl methyl sites for hydroxylation is 2. The first-order chi connectivity index (χ1) is 22.0. The Balaban J connectivity index is 1.38. The second kappa shape index (κ2) is 14.8. The van der Waals surface area contributed by atoms with E-state index in [0.29, 0.717) is 11.8 Å². The van der Waals surface area contributed by atoms with Crippen LogP contribution in [-0.2, 0) is 18.9 Å². The number of methoxy groups -OCH3 is 1. The highest BCUT2D eigenvalue weighted by Gasteiger charge is 2.42. The monoisotopic (exact) mass is 663 g/mol. The fourth-order valence-electron chi connectivity index (χ4n) is 4.94. The first kappa shape index (κ1) is 33.9. The topological polar surface area (TPSA) is 282 Å². The highest BCUT2D eigenvalue weighted by Crippen LogP contribution is 2.33. The van der Waals surface area contributed by atoms with Crippen LogP contribution in [0.4, 0.5) is 9.59 Å². The van der Waals surface area contributed by atoms with Crippen molar-refractivity contribution in [1.82, 2.24) is 24.0 Å². The van der Waals surface area contributed by atoms with Crippen LogP contribution in [0.15, 0.2) is 41.8 Å². The van der Waals surface area contributed by atoms with Crippen molar-refractivity contribution >= 4 is 23.2 Å². The number of azide groups is 2. The van der Waals surface area contributed by atoms with Crippen LogP contribution >= 0.6 is 11.8 Å². The Hall–Kier alpha value is -5.01. The fraction of sp³-hybridized carbons (Fsp3) is 0.583. The number of nitrogens with one attached hydrogen (secondary N) is 2. The summed E-state index contributed by atoms with van der Waals surface area (Å²) in [5.41, 5.74) is 16.0. The van der Waals surface area contributed by atoms with E-state index in [1.165, 1.54) is 26.2 Å². The predicted molar refractivity (Wildman–Crippen MR) is 158 cm³/mol. The first-order valence-electron chi connectivity index (χ1n) is 13.6. The highest BCUT2D eigenvalue weighted by atomic mass is 32.2. The summed E-state index contributed by atoms with van der Waals surface area (Å²) >= 11 is 0.692. The van der Waals surface area contributed by atoms with Crippen LogP contribution in [0.3, 0.4) is 0 Å². The average molecular weight is 664 g/mol. The molecule has 0 saturated carbocycles. The zero-order chi connectivity index (χ0) is 33.5. The number of nitrogens with zero attached hydrogens (tertiary/aromatic N) is 9. The number of hydrogen-bond donors (Lipinski definition) is 2. The zero-order valence-electron chi connectivity index (χ0n) is 24.7. The third kappa shape index (κ3) is 7.61. The molecular weight excluding hydrogens is 634 g/mol. The van der Waals surface area contributed by atoms with E-state index in [2.05, 4.69) is 30.0 Å². The molecule has 6 atom stereocenters. The van der Waals surface area contributed by atoms with Crippen LogP contribution in [0.25, 0.3) is 20.9 Å². The maximum Gasteiger partial charge on any atom is 0.411 e. The van der Waals surface area contributed by atoms with E-state index in [9.17, 15) is 28.8 Å². The maximum atomic E-state index is 12.7. The Morgan fingerprint density at radius 1 is 0.978 bits per heavy atom. The Morgan fingerprint density at radius 3 is 2.09 bits per heavy atom. The van der Waals surface area contributed by atoms with Gasteiger partial charge in [-0.25, -0.2) is 19.2 Å². The molecule has 246 valence electrons. The Bertz CT molecular complexity index is 1810. The van der Waals surface area contributed by atoms with Crippen LogP contribution in [0.1, 0.15) is 36.4 Å². The number of thioether (sulfide) groups is 1. The molecular formula is C24H29N11O10S. The quantitative estimate of drug-likeness (QED) is 0.159. The molecule has 2 aromatic heterocycles. The number of carbonyl (C=O) groups is 2. The van der Waals surface area contributed by atoms with E-state index in [4.69, 9.17) is 30.0 Å². The molecule has 4 heterocycles. The van der Waals surface area contributed by atoms with Gasteiger partial charge in [0.15, 0.2) is 0 Å². The lowest BCUT2D eigenvalue weighted by atomic mass is 10.1. The third-order valence-corrected chi connectivity index (χ3v) is 7.96. The molecule has 0 spiro atoms. The lowest BCUT2D eigenvalue weighted by Gasteiger charge is -2.29. The summed E-state index contributed by atoms with van der Waals surface area (Å²) in [6.07, 6.45) is -2.15. The van der Waals surface area contributed by atoms with E-state index in [1.807, 2.05) is 0 Å². The van der Waals surface area contributed by atoms with Gasteiger partial charge in [0, 0.05) is 58.5 Å². The smallest absolute Gasteiger partial charge is 0.411 e. The number of aromatic amines is 2. The maximum absolute atomic E-state index is 12.7. The van der Waals surface area contributed by atoms with Crippen LogP contribution in [0, 0.1) is 13.8 Å². The van der Waals surface area contributed by atoms with E-state index in [-0.39, 0.29) is 42.9 Å². The molecule has 22 heteroatoms. The molecule has 2 aliphatic heterocycles. The minimum absolute atomic E-state index is 0.0116. The summed E-state index contributed by atoms with van der Waals surface area (Å²) in [6.45, 7) is 2.53. The van der Waals surface area contributed by atoms with E-state index in [0.717, 1.165) is 21.1 Å². The van der Waals surface area contributed by atoms with E-state index in [1.54, 1.807) is 0 Å². The molecule has 2 aromatic rings. The minimum Gasteiger partial charge on any atom is -0.455 e. The van der Waals surface area contributed by atoms with Crippen molar-refractivity contribution in [3.8, 4) is 0 Å². The van der Waals surface area contributed by atoms with Gasteiger partial charge in [-0.05, 0) is 36.7 Å². The van der Waals surface area contributed by atoms with Gasteiger partial charge in [-0.15, -0.1) is 0 Å². The summed E-state index contributed by atoms with van der Waals surface area (Å²) in [5, 5.41) is 6.62. The van der Waals surface area contributed by atoms with Crippen LogP contribution in [-0.4, -0.2) is 85.8 Å². The highest BCUT2D eigenvalue weighted by molar-refractivity contribution is 8.13. The molecule has 46 heavy (non-hydrogen) atoms. The van der Waals surface area contributed by atoms with Crippen molar-refractivity contribution in [2.75, 3.05) is 26.0 Å². The second-order valence-electron chi connectivity index (χ2n) is 10.2. The summed E-state index contributed by atoms with van der Waals surface area (Å²) in [7, 11) is 1.12. The molecule has 0 radical (unpaired) electrons. The van der Waals surface area contributed by atoms with Gasteiger partial charge < -0.3 is 18.9 Å². The zero-order valence-corrected chi connectivity index (χ0v) is 25.5. The SMILES string of the molecule is COC(=O)N(CCSC(=O)OCC1OC(n2cc(C)c(=O)[nH]c2=O)CC1N=[N+]=[N-])C1OC(n2cc(C)c(=O)[nH]c2=O)CC1N=[N+]=[N-]. The molecule has 0 aliphatic carbocycles. The molecule has 6 unspecified atom stereocenters. The predicted octanol–water partition coefficient (Wildman–Crippen LogP) is 1.53. The van der Waals surface area contributed by atoms with Crippen molar-refractivity contribution in [1.29, 1.82) is 0 Å². The van der Waals surface area contributed by atoms with Crippen molar-refractivity contribution in [2.45, 2.75) is 63.6 Å². The molecule has 4 rings (SSSR count). The lowest BCUT2D eigenvalue weighted by molar-refractivity contribution is -0.0738. The molecule has 21 nitrogen and oxygen atoms in total. The largest absolute Gasteiger partial charge is 0.455 e. The number of amides is 1. The summed E-state index contributed by atoms with van der Waals surface area (Å²) in [5.74, 6) is -0.0286. The Labute approximate surface area is 261 Å². The van der Waals surface area contributed by atoms with Crippen LogP contribution in [0.5, 0.6) is 0 Å². The van der Waals surface area contributed by atoms with Gasteiger partial charge in [0.1, 0.15) is 31.4 Å². The number of ether oxygens (including phenoxy) is 4. The number of carbonyl (C=O) groups excluding carboxylic acids is 2. The molecule has 0 bridgehead atoms. The van der Waals surface area contributed by atoms with Crippen molar-refractivity contribution < 1.29 is 28.5 Å². The van der Waals surface area contributed by atoms with Gasteiger partial charge in [0.05, 0.1) is 19.2 Å². The second-order valence-corrected chi connectivity index (χ2v) is 11.2. The first-order valence-corrected chi connectivity index (χ1v) is 14.6. The number of hydrogen-bond acceptors (Lipinski definition) is 13. The van der Waals surface area contributed by atoms with Gasteiger partial charge in [-0.3, -0.25) is 33.6 Å². The van der Waals surface area contributed by atoms with Gasteiger partial charge in [0.2, 0.25) is 0 Å². The van der Waals surface area contributed by atoms with E-state index < -0.39 is 70.8 Å². The Kier molecular flexibility index (Phi) is 10.9. The van der Waals surface area contributed by atoms with Crippen molar-refractivity contribution in [2.24, 2.45) is 10.2 Å². The summed E-state index contributed by atoms with van der Waals surface area (Å²) in [6, 6.07) is -1.74. The number of aromatic nitrogens is 4. The minimum atomic E-state index is -1.18. The summed E-state index contributed by atoms with van der Waals surface area (Å²) in [4.78, 5) is 84.5. The van der Waals surface area contributed by atoms with Gasteiger partial charge in [0.25, 0.3) is 11.1 Å². The number of H-pyrrole nitrogens is 2. The molecule has 0 aromatic carbocycles. The molecule has 2 saturated heterocycles. The van der Waals surface area contributed by atoms with E-state index >= 15 is 0 Å². The molecule has 2 fully saturated rings. The van der Waals surface area contributed by atoms with Crippen molar-refractivity contribution in [3.05, 3.63) is 86.1 Å². The standard InChI is InChI=1S/C24H29N11O10S/c1-11-8-34(21(38)27-18(11)36)16-6-13(29-31-25)15(44-16)10-43-24(41)46-5-4-33(23(40)42-3)20-14(30-32-26)7-17(45-20)35-9-12(2)19(37)28-22(35)39/h8-9,13-17,20H,4-7,10H2,1-3H3,(H,27,36,38)(H,28,37,39). The lowest BCUT2D eigenvalue weighted by Crippen LogP contribution is -2.46. The molecule has 2 aliphatic rings. The summed E-state index contributed by atoms with van der Waals surface area (Å²) < 4.78 is 24.2. The Morgan fingerprint density at radius 2 is 1.52 bits per heavy atom. The fourth-order valence-corrected chi connectivity index (χ4v) is 5.55. The van der Waals surface area contributed by atoms with Crippen LogP contribution in [0.2, 0.25) is 0 Å². The van der Waals surface area contributed by atoms with Gasteiger partial charge in [-0.2, -0.15) is 0 Å². The molecule has 2 N–H and O–H groups in total. The van der Waals surface area contributed by atoms with Crippen LogP contribution < -0.4 is 22.5 Å². The third-order valence-electron chi connectivity index (χ3n) is 7.22. The number of rotatable bonds is 10. The van der Waals surface area contributed by atoms with Gasteiger partial charge in [-0.1, -0.05) is 10.2 Å².